The smallest absolute Gasteiger partial charge is 0.338 e. The van der Waals surface area contributed by atoms with Crippen molar-refractivity contribution in [1.82, 2.24) is 4.90 Å². The standard InChI is InChI=1S/C26H27N3O2.ClH/c30-26-19-23(22-10-3-4-12-25(22)31-26)27-13-6-14-28-15-17-29(18-16-28)24-11-5-8-20-7-1-2-9-21(20)24;/h1-5,7-12,19,27H,6,13-18H2;1H. The number of anilines is 2. The average Bonchev–Trinajstić information content (AvgIpc) is 2.82. The van der Waals surface area contributed by atoms with Gasteiger partial charge < -0.3 is 14.6 Å². The van der Waals surface area contributed by atoms with E-state index in [-0.39, 0.29) is 18.0 Å². The Morgan fingerprint density at radius 3 is 2.41 bits per heavy atom. The summed E-state index contributed by atoms with van der Waals surface area (Å²) in [6.07, 6.45) is 1.03. The van der Waals surface area contributed by atoms with Gasteiger partial charge in [-0.1, -0.05) is 48.5 Å². The topological polar surface area (TPSA) is 48.7 Å². The molecular formula is C26H28ClN3O2. The summed E-state index contributed by atoms with van der Waals surface area (Å²) in [5, 5.41) is 7.01. The average molecular weight is 450 g/mol. The van der Waals surface area contributed by atoms with Crippen LogP contribution in [0.15, 0.2) is 82.0 Å². The molecule has 0 bridgehead atoms. The van der Waals surface area contributed by atoms with Crippen molar-refractivity contribution in [3.05, 3.63) is 83.2 Å². The maximum absolute atomic E-state index is 11.8. The van der Waals surface area contributed by atoms with E-state index in [9.17, 15) is 4.79 Å². The van der Waals surface area contributed by atoms with Gasteiger partial charge in [-0.2, -0.15) is 0 Å². The molecule has 0 atom stereocenters. The highest BCUT2D eigenvalue weighted by Crippen LogP contribution is 2.27. The number of para-hydroxylation sites is 1. The molecule has 32 heavy (non-hydrogen) atoms. The van der Waals surface area contributed by atoms with E-state index in [0.717, 1.165) is 56.8 Å². The molecule has 0 saturated carbocycles. The van der Waals surface area contributed by atoms with Crippen molar-refractivity contribution in [3.63, 3.8) is 0 Å². The minimum absolute atomic E-state index is 0. The van der Waals surface area contributed by atoms with Gasteiger partial charge in [-0.05, 0) is 36.6 Å². The lowest BCUT2D eigenvalue weighted by Gasteiger charge is -2.36. The van der Waals surface area contributed by atoms with Crippen LogP contribution in [0.1, 0.15) is 6.42 Å². The van der Waals surface area contributed by atoms with Crippen molar-refractivity contribution in [3.8, 4) is 0 Å². The zero-order valence-electron chi connectivity index (χ0n) is 18.0. The molecular weight excluding hydrogens is 422 g/mol. The first-order valence-corrected chi connectivity index (χ1v) is 11.0. The van der Waals surface area contributed by atoms with E-state index in [2.05, 4.69) is 57.6 Å². The zero-order chi connectivity index (χ0) is 21.0. The van der Waals surface area contributed by atoms with E-state index in [1.54, 1.807) is 6.07 Å². The van der Waals surface area contributed by atoms with Crippen molar-refractivity contribution in [2.24, 2.45) is 0 Å². The van der Waals surface area contributed by atoms with Crippen LogP contribution in [-0.2, 0) is 0 Å². The Morgan fingerprint density at radius 2 is 1.56 bits per heavy atom. The fourth-order valence-electron chi connectivity index (χ4n) is 4.48. The second kappa shape index (κ2) is 10.1. The third-order valence-electron chi connectivity index (χ3n) is 6.10. The number of fused-ring (bicyclic) bond motifs is 2. The lowest BCUT2D eigenvalue weighted by molar-refractivity contribution is 0.257. The van der Waals surface area contributed by atoms with Crippen molar-refractivity contribution < 1.29 is 4.42 Å². The van der Waals surface area contributed by atoms with Gasteiger partial charge >= 0.3 is 5.63 Å². The molecule has 1 aromatic heterocycles. The summed E-state index contributed by atoms with van der Waals surface area (Å²) in [7, 11) is 0. The summed E-state index contributed by atoms with van der Waals surface area (Å²) >= 11 is 0. The maximum Gasteiger partial charge on any atom is 0.338 e. The summed E-state index contributed by atoms with van der Waals surface area (Å²) in [6.45, 7) is 6.12. The normalized spacial score (nSPS) is 14.4. The summed E-state index contributed by atoms with van der Waals surface area (Å²) in [5.41, 5.74) is 2.51. The monoisotopic (exact) mass is 449 g/mol. The van der Waals surface area contributed by atoms with Gasteiger partial charge in [-0.3, -0.25) is 4.90 Å². The fourth-order valence-corrected chi connectivity index (χ4v) is 4.48. The second-order valence-corrected chi connectivity index (χ2v) is 8.08. The summed E-state index contributed by atoms with van der Waals surface area (Å²) in [5.74, 6) is 0. The van der Waals surface area contributed by atoms with E-state index in [1.807, 2.05) is 24.3 Å². The number of hydrogen-bond acceptors (Lipinski definition) is 5. The molecule has 0 amide bonds. The van der Waals surface area contributed by atoms with Crippen LogP contribution in [0.4, 0.5) is 11.4 Å². The highest BCUT2D eigenvalue weighted by atomic mass is 35.5. The predicted octanol–water partition coefficient (Wildman–Crippen LogP) is 4.99. The number of piperazine rings is 1. The molecule has 0 spiro atoms. The number of nitrogens with one attached hydrogen (secondary N) is 1. The Bertz CT molecular complexity index is 1240. The summed E-state index contributed by atoms with van der Waals surface area (Å²) in [6, 6.07) is 24.4. The van der Waals surface area contributed by atoms with Gasteiger partial charge in [0.2, 0.25) is 0 Å². The van der Waals surface area contributed by atoms with Gasteiger partial charge in [-0.15, -0.1) is 12.4 Å². The Hall–Kier alpha value is -3.02. The molecule has 5 nitrogen and oxygen atoms in total. The van der Waals surface area contributed by atoms with Gasteiger partial charge in [0.1, 0.15) is 5.58 Å². The third kappa shape index (κ3) is 4.74. The first-order chi connectivity index (χ1) is 15.3. The van der Waals surface area contributed by atoms with E-state index in [0.29, 0.717) is 5.58 Å². The van der Waals surface area contributed by atoms with Crippen LogP contribution in [0.2, 0.25) is 0 Å². The molecule has 4 aromatic rings. The zero-order valence-corrected chi connectivity index (χ0v) is 18.8. The van der Waals surface area contributed by atoms with Crippen LogP contribution in [0.5, 0.6) is 0 Å². The highest BCUT2D eigenvalue weighted by Gasteiger charge is 2.18. The number of hydrogen-bond donors (Lipinski definition) is 1. The Balaban J connectivity index is 0.00000245. The number of rotatable bonds is 6. The van der Waals surface area contributed by atoms with Gasteiger partial charge in [-0.25, -0.2) is 4.79 Å². The van der Waals surface area contributed by atoms with Crippen LogP contribution in [0.25, 0.3) is 21.7 Å². The van der Waals surface area contributed by atoms with Crippen LogP contribution in [-0.4, -0.2) is 44.2 Å². The molecule has 3 aromatic carbocycles. The quantitative estimate of drug-likeness (QED) is 0.332. The molecule has 5 rings (SSSR count). The van der Waals surface area contributed by atoms with Crippen molar-refractivity contribution in [2.75, 3.05) is 49.5 Å². The molecule has 166 valence electrons. The van der Waals surface area contributed by atoms with E-state index in [1.165, 1.54) is 16.5 Å². The Kier molecular flexibility index (Phi) is 6.98. The second-order valence-electron chi connectivity index (χ2n) is 8.08. The Morgan fingerprint density at radius 1 is 0.844 bits per heavy atom. The molecule has 6 heteroatoms. The number of benzene rings is 3. The first kappa shape index (κ1) is 22.2. The lowest BCUT2D eigenvalue weighted by atomic mass is 10.1. The summed E-state index contributed by atoms with van der Waals surface area (Å²) in [4.78, 5) is 16.8. The van der Waals surface area contributed by atoms with Crippen LogP contribution < -0.4 is 15.8 Å². The SMILES string of the molecule is Cl.O=c1cc(NCCCN2CCN(c3cccc4ccccc34)CC2)c2ccccc2o1. The van der Waals surface area contributed by atoms with Gasteiger partial charge in [0, 0.05) is 55.2 Å². The number of nitrogens with zero attached hydrogens (tertiary/aromatic N) is 2. The van der Waals surface area contributed by atoms with Crippen molar-refractivity contribution in [1.29, 1.82) is 0 Å². The molecule has 2 heterocycles. The molecule has 0 unspecified atom stereocenters. The maximum atomic E-state index is 11.8. The van der Waals surface area contributed by atoms with Crippen LogP contribution in [0.3, 0.4) is 0 Å². The number of halogens is 1. The van der Waals surface area contributed by atoms with E-state index < -0.39 is 0 Å². The molecule has 1 fully saturated rings. The minimum atomic E-state index is -0.314. The van der Waals surface area contributed by atoms with E-state index >= 15 is 0 Å². The third-order valence-corrected chi connectivity index (χ3v) is 6.10. The molecule has 1 aliphatic rings. The van der Waals surface area contributed by atoms with Crippen molar-refractivity contribution >= 4 is 45.5 Å². The predicted molar refractivity (Wildman–Crippen MR) is 135 cm³/mol. The van der Waals surface area contributed by atoms with Crippen LogP contribution >= 0.6 is 12.4 Å². The van der Waals surface area contributed by atoms with Gasteiger partial charge in [0.25, 0.3) is 0 Å². The molecule has 1 saturated heterocycles. The first-order valence-electron chi connectivity index (χ1n) is 11.0. The van der Waals surface area contributed by atoms with Gasteiger partial charge in [0.05, 0.1) is 5.69 Å². The van der Waals surface area contributed by atoms with Crippen LogP contribution in [0, 0.1) is 0 Å². The Labute approximate surface area is 194 Å². The molecule has 1 N–H and O–H groups in total. The highest BCUT2D eigenvalue weighted by molar-refractivity contribution is 5.94. The molecule has 0 aliphatic carbocycles. The van der Waals surface area contributed by atoms with E-state index in [4.69, 9.17) is 4.42 Å². The van der Waals surface area contributed by atoms with Gasteiger partial charge in [0.15, 0.2) is 0 Å². The molecule has 0 radical (unpaired) electrons. The summed E-state index contributed by atoms with van der Waals surface area (Å²) < 4.78 is 5.27. The lowest BCUT2D eigenvalue weighted by Crippen LogP contribution is -2.46. The minimum Gasteiger partial charge on any atom is -0.423 e. The fraction of sp³-hybridized carbons (Fsp3) is 0.269. The van der Waals surface area contributed by atoms with Crippen molar-refractivity contribution in [2.45, 2.75) is 6.42 Å². The largest absolute Gasteiger partial charge is 0.423 e. The molecule has 1 aliphatic heterocycles.